The lowest BCUT2D eigenvalue weighted by Crippen LogP contribution is -2.46. The summed E-state index contributed by atoms with van der Waals surface area (Å²) < 4.78 is 11.1. The molecule has 1 aromatic heterocycles. The topological polar surface area (TPSA) is 64.5 Å². The number of amides is 1. The summed E-state index contributed by atoms with van der Waals surface area (Å²) in [6.45, 7) is 6.73. The molecule has 2 rings (SSSR count). The molecule has 0 aromatic carbocycles. The summed E-state index contributed by atoms with van der Waals surface area (Å²) in [5.74, 6) is 0.412. The summed E-state index contributed by atoms with van der Waals surface area (Å²) in [6, 6.07) is 3.29. The maximum atomic E-state index is 12.1. The second kappa shape index (κ2) is 6.47. The molecule has 0 aliphatic carbocycles. The molecule has 6 nitrogen and oxygen atoms in total. The maximum absolute atomic E-state index is 12.1. The van der Waals surface area contributed by atoms with Gasteiger partial charge in [-0.15, -0.1) is 10.2 Å². The first-order valence-electron chi connectivity index (χ1n) is 6.97. The van der Waals surface area contributed by atoms with Gasteiger partial charge in [0.2, 0.25) is 5.88 Å². The molecule has 1 saturated heterocycles. The number of carbonyl (C=O) groups excluding carboxylic acids is 1. The van der Waals surface area contributed by atoms with Crippen molar-refractivity contribution in [3.63, 3.8) is 0 Å². The minimum atomic E-state index is -0.494. The van der Waals surface area contributed by atoms with Crippen molar-refractivity contribution in [2.45, 2.75) is 45.3 Å². The van der Waals surface area contributed by atoms with E-state index in [-0.39, 0.29) is 12.2 Å². The smallest absolute Gasteiger partial charge is 0.410 e. The second-order valence-electron chi connectivity index (χ2n) is 6.00. The Bertz CT molecular complexity index is 487. The molecule has 2 heterocycles. The Morgan fingerprint density at radius 2 is 2.14 bits per heavy atom. The number of ether oxygens (including phenoxy) is 2. The molecular formula is C14H20ClN3O3. The average Bonchev–Trinajstić information content (AvgIpc) is 2.40. The van der Waals surface area contributed by atoms with Gasteiger partial charge in [-0.3, -0.25) is 0 Å². The molecule has 21 heavy (non-hydrogen) atoms. The third-order valence-electron chi connectivity index (χ3n) is 2.92. The van der Waals surface area contributed by atoms with Crippen LogP contribution < -0.4 is 4.74 Å². The first kappa shape index (κ1) is 15.8. The number of hydrogen-bond acceptors (Lipinski definition) is 5. The van der Waals surface area contributed by atoms with Gasteiger partial charge in [0.1, 0.15) is 11.7 Å². The fourth-order valence-electron chi connectivity index (χ4n) is 2.06. The first-order valence-corrected chi connectivity index (χ1v) is 7.35. The summed E-state index contributed by atoms with van der Waals surface area (Å²) in [6.07, 6.45) is 1.31. The van der Waals surface area contributed by atoms with E-state index in [1.807, 2.05) is 20.8 Å². The van der Waals surface area contributed by atoms with Crippen molar-refractivity contribution in [1.29, 1.82) is 0 Å². The largest absolute Gasteiger partial charge is 0.471 e. The van der Waals surface area contributed by atoms with E-state index in [2.05, 4.69) is 10.2 Å². The number of rotatable bonds is 2. The van der Waals surface area contributed by atoms with E-state index >= 15 is 0 Å². The predicted octanol–water partition coefficient (Wildman–Crippen LogP) is 2.91. The molecule has 0 bridgehead atoms. The van der Waals surface area contributed by atoms with Crippen molar-refractivity contribution in [2.24, 2.45) is 0 Å². The number of aromatic nitrogens is 2. The standard InChI is InChI=1S/C14H20ClN3O3/c1-14(2,3)21-13(19)18-8-4-5-10(9-18)20-12-7-6-11(15)16-17-12/h6-7,10H,4-5,8-9H2,1-3H3. The van der Waals surface area contributed by atoms with E-state index in [9.17, 15) is 4.79 Å². The first-order chi connectivity index (χ1) is 9.83. The number of likely N-dealkylation sites (tertiary alicyclic amines) is 1. The summed E-state index contributed by atoms with van der Waals surface area (Å²) >= 11 is 5.68. The summed E-state index contributed by atoms with van der Waals surface area (Å²) in [7, 11) is 0. The van der Waals surface area contributed by atoms with Gasteiger partial charge in [0.15, 0.2) is 5.15 Å². The number of halogens is 1. The molecule has 1 amide bonds. The van der Waals surface area contributed by atoms with Crippen LogP contribution in [0.2, 0.25) is 5.15 Å². The highest BCUT2D eigenvalue weighted by molar-refractivity contribution is 6.29. The van der Waals surface area contributed by atoms with Crippen molar-refractivity contribution in [3.8, 4) is 5.88 Å². The molecule has 7 heteroatoms. The SMILES string of the molecule is CC(C)(C)OC(=O)N1CCCC(Oc2ccc(Cl)nn2)C1. The van der Waals surface area contributed by atoms with E-state index in [4.69, 9.17) is 21.1 Å². The van der Waals surface area contributed by atoms with Crippen LogP contribution in [0.3, 0.4) is 0 Å². The van der Waals surface area contributed by atoms with Crippen LogP contribution in [0.1, 0.15) is 33.6 Å². The third kappa shape index (κ3) is 5.04. The van der Waals surface area contributed by atoms with E-state index in [1.165, 1.54) is 0 Å². The molecule has 0 saturated carbocycles. The van der Waals surface area contributed by atoms with E-state index < -0.39 is 5.60 Å². The Balaban J connectivity index is 1.91. The Hall–Kier alpha value is -1.56. The molecule has 1 aromatic rings. The lowest BCUT2D eigenvalue weighted by molar-refractivity contribution is 0.00712. The van der Waals surface area contributed by atoms with Crippen molar-refractivity contribution < 1.29 is 14.3 Å². The number of carbonyl (C=O) groups is 1. The zero-order valence-electron chi connectivity index (χ0n) is 12.5. The molecule has 0 radical (unpaired) electrons. The van der Waals surface area contributed by atoms with Crippen LogP contribution in [-0.2, 0) is 4.74 Å². The molecular weight excluding hydrogens is 294 g/mol. The maximum Gasteiger partial charge on any atom is 0.410 e. The van der Waals surface area contributed by atoms with E-state index in [1.54, 1.807) is 17.0 Å². The van der Waals surface area contributed by atoms with Crippen molar-refractivity contribution in [1.82, 2.24) is 15.1 Å². The van der Waals surface area contributed by atoms with Gasteiger partial charge in [-0.1, -0.05) is 11.6 Å². The normalized spacial score (nSPS) is 19.2. The third-order valence-corrected chi connectivity index (χ3v) is 3.13. The monoisotopic (exact) mass is 313 g/mol. The molecule has 1 fully saturated rings. The molecule has 1 aliphatic rings. The number of piperidine rings is 1. The molecule has 1 aliphatic heterocycles. The average molecular weight is 314 g/mol. The molecule has 1 unspecified atom stereocenters. The van der Waals surface area contributed by atoms with E-state index in [0.29, 0.717) is 24.1 Å². The summed E-state index contributed by atoms with van der Waals surface area (Å²) in [5, 5.41) is 7.92. The van der Waals surface area contributed by atoms with Crippen LogP contribution in [0.15, 0.2) is 12.1 Å². The van der Waals surface area contributed by atoms with Gasteiger partial charge in [-0.05, 0) is 39.7 Å². The van der Waals surface area contributed by atoms with Crippen LogP contribution in [0.5, 0.6) is 5.88 Å². The van der Waals surface area contributed by atoms with Crippen LogP contribution in [0, 0.1) is 0 Å². The summed E-state index contributed by atoms with van der Waals surface area (Å²) in [5.41, 5.74) is -0.494. The van der Waals surface area contributed by atoms with Crippen LogP contribution in [0.25, 0.3) is 0 Å². The number of hydrogen-bond donors (Lipinski definition) is 0. The minimum Gasteiger partial charge on any atom is -0.471 e. The van der Waals surface area contributed by atoms with Gasteiger partial charge in [0.05, 0.1) is 6.54 Å². The van der Waals surface area contributed by atoms with Gasteiger partial charge in [-0.25, -0.2) is 4.79 Å². The van der Waals surface area contributed by atoms with Crippen molar-refractivity contribution in [3.05, 3.63) is 17.3 Å². The van der Waals surface area contributed by atoms with Gasteiger partial charge in [0.25, 0.3) is 0 Å². The molecule has 0 N–H and O–H groups in total. The van der Waals surface area contributed by atoms with Crippen molar-refractivity contribution in [2.75, 3.05) is 13.1 Å². The Morgan fingerprint density at radius 1 is 1.38 bits per heavy atom. The van der Waals surface area contributed by atoms with Gasteiger partial charge in [-0.2, -0.15) is 0 Å². The van der Waals surface area contributed by atoms with E-state index in [0.717, 1.165) is 12.8 Å². The lowest BCUT2D eigenvalue weighted by Gasteiger charge is -2.33. The quantitative estimate of drug-likeness (QED) is 0.840. The fraction of sp³-hybridized carbons (Fsp3) is 0.643. The Kier molecular flexibility index (Phi) is 4.88. The fourth-order valence-corrected chi connectivity index (χ4v) is 2.16. The molecule has 0 spiro atoms. The Morgan fingerprint density at radius 3 is 2.76 bits per heavy atom. The zero-order valence-corrected chi connectivity index (χ0v) is 13.3. The number of nitrogens with zero attached hydrogens (tertiary/aromatic N) is 3. The highest BCUT2D eigenvalue weighted by atomic mass is 35.5. The predicted molar refractivity (Wildman–Crippen MR) is 78.5 cm³/mol. The molecule has 1 atom stereocenters. The lowest BCUT2D eigenvalue weighted by atomic mass is 10.1. The summed E-state index contributed by atoms with van der Waals surface area (Å²) in [4.78, 5) is 13.7. The van der Waals surface area contributed by atoms with Gasteiger partial charge >= 0.3 is 6.09 Å². The highest BCUT2D eigenvalue weighted by Gasteiger charge is 2.28. The minimum absolute atomic E-state index is 0.109. The van der Waals surface area contributed by atoms with Crippen LogP contribution in [-0.4, -0.2) is 46.0 Å². The van der Waals surface area contributed by atoms with Crippen molar-refractivity contribution >= 4 is 17.7 Å². The van der Waals surface area contributed by atoms with Gasteiger partial charge in [0, 0.05) is 12.6 Å². The highest BCUT2D eigenvalue weighted by Crippen LogP contribution is 2.19. The Labute approximate surface area is 129 Å². The van der Waals surface area contributed by atoms with Gasteiger partial charge < -0.3 is 14.4 Å². The molecule has 116 valence electrons. The zero-order chi connectivity index (χ0) is 15.5. The second-order valence-corrected chi connectivity index (χ2v) is 6.39. The van der Waals surface area contributed by atoms with Crippen LogP contribution in [0.4, 0.5) is 4.79 Å². The van der Waals surface area contributed by atoms with Crippen LogP contribution >= 0.6 is 11.6 Å².